The van der Waals surface area contributed by atoms with Gasteiger partial charge in [0.2, 0.25) is 0 Å². The summed E-state index contributed by atoms with van der Waals surface area (Å²) < 4.78 is 17.9. The summed E-state index contributed by atoms with van der Waals surface area (Å²) in [4.78, 5) is 0. The third-order valence-electron chi connectivity index (χ3n) is 0.471. The summed E-state index contributed by atoms with van der Waals surface area (Å²) in [5.41, 5.74) is 0. The van der Waals surface area contributed by atoms with Gasteiger partial charge in [0, 0.05) is 28.4 Å². The van der Waals surface area contributed by atoms with Crippen LogP contribution in [0.5, 0.6) is 0 Å². The van der Waals surface area contributed by atoms with E-state index in [1.54, 1.807) is 28.4 Å². The van der Waals surface area contributed by atoms with Crippen molar-refractivity contribution in [2.24, 2.45) is 0 Å². The Balaban J connectivity index is -0.000000107. The molecule has 0 rings (SSSR count). The first-order valence-corrected chi connectivity index (χ1v) is 2.79. The van der Waals surface area contributed by atoms with Crippen molar-refractivity contribution < 1.29 is 18.9 Å². The first-order chi connectivity index (χ1) is 4.83. The monoisotopic (exact) mass is 168 g/mol. The lowest BCUT2D eigenvalue weighted by Crippen LogP contribution is -1.87. The van der Waals surface area contributed by atoms with Crippen molar-refractivity contribution in [1.29, 1.82) is 0 Å². The van der Waals surface area contributed by atoms with Crippen LogP contribution in [-0.4, -0.2) is 42.0 Å². The molecule has 0 bridgehead atoms. The third kappa shape index (κ3) is 41.0. The summed E-state index contributed by atoms with van der Waals surface area (Å²) >= 11 is 0. The molecule has 0 amide bonds. The summed E-state index contributed by atoms with van der Waals surface area (Å²) in [6.07, 6.45) is 0. The Morgan fingerprint density at radius 3 is 0.818 bits per heavy atom. The summed E-state index contributed by atoms with van der Waals surface area (Å²) in [6, 6.07) is 0. The van der Waals surface area contributed by atoms with E-state index in [-0.39, 0.29) is 7.43 Å². The van der Waals surface area contributed by atoms with E-state index in [0.29, 0.717) is 13.6 Å². The number of ether oxygens (including phenoxy) is 4. The van der Waals surface area contributed by atoms with Crippen molar-refractivity contribution >= 4 is 0 Å². The second-order valence-electron chi connectivity index (χ2n) is 1.39. The van der Waals surface area contributed by atoms with Gasteiger partial charge in [-0.1, -0.05) is 7.43 Å². The minimum atomic E-state index is 0. The molecule has 11 heavy (non-hydrogen) atoms. The minimum absolute atomic E-state index is 0. The van der Waals surface area contributed by atoms with Crippen molar-refractivity contribution in [2.45, 2.75) is 7.43 Å². The normalized spacial score (nSPS) is 7.64. The van der Waals surface area contributed by atoms with Crippen molar-refractivity contribution in [2.75, 3.05) is 42.0 Å². The van der Waals surface area contributed by atoms with Gasteiger partial charge >= 0.3 is 0 Å². The van der Waals surface area contributed by atoms with Gasteiger partial charge in [-0.3, -0.25) is 0 Å². The Morgan fingerprint density at radius 2 is 0.818 bits per heavy atom. The molecule has 0 aliphatic rings. The molecule has 72 valence electrons. The molecule has 0 spiro atoms. The highest BCUT2D eigenvalue weighted by molar-refractivity contribution is 3.85. The van der Waals surface area contributed by atoms with Gasteiger partial charge in [0.15, 0.2) is 0 Å². The maximum absolute atomic E-state index is 4.47. The lowest BCUT2D eigenvalue weighted by molar-refractivity contribution is -0.00282. The predicted molar refractivity (Wildman–Crippen MR) is 44.5 cm³/mol. The lowest BCUT2D eigenvalue weighted by atomic mass is 11.4. The van der Waals surface area contributed by atoms with E-state index in [2.05, 4.69) is 18.9 Å². The van der Waals surface area contributed by atoms with E-state index in [1.165, 1.54) is 0 Å². The molecular weight excluding hydrogens is 148 g/mol. The van der Waals surface area contributed by atoms with Crippen molar-refractivity contribution in [3.63, 3.8) is 0 Å². The van der Waals surface area contributed by atoms with Crippen molar-refractivity contribution in [1.82, 2.24) is 0 Å². The Bertz CT molecular complexity index is 31.4. The molecule has 0 radical (unpaired) electrons. The average Bonchev–Trinajstić information content (AvgIpc) is 1.93. The lowest BCUT2D eigenvalue weighted by Gasteiger charge is -1.87. The Labute approximate surface area is 69.4 Å². The molecule has 0 aromatic rings. The number of hydrogen-bond donors (Lipinski definition) is 0. The highest BCUT2D eigenvalue weighted by Gasteiger charge is 1.63. The SMILES string of the molecule is C.COCOC.COCOC. The van der Waals surface area contributed by atoms with Crippen LogP contribution in [0.25, 0.3) is 0 Å². The van der Waals surface area contributed by atoms with Gasteiger partial charge in [0.05, 0.1) is 0 Å². The van der Waals surface area contributed by atoms with Crippen LogP contribution in [0, 0.1) is 0 Å². The van der Waals surface area contributed by atoms with Crippen LogP contribution in [0.2, 0.25) is 0 Å². The number of methoxy groups -OCH3 is 4. The molecule has 4 heteroatoms. The van der Waals surface area contributed by atoms with E-state index in [0.717, 1.165) is 0 Å². The fourth-order valence-corrected chi connectivity index (χ4v) is 0.236. The predicted octanol–water partition coefficient (Wildman–Crippen LogP) is 1.11. The fraction of sp³-hybridized carbons (Fsp3) is 1.00. The molecule has 0 unspecified atom stereocenters. The summed E-state index contributed by atoms with van der Waals surface area (Å²) in [5, 5.41) is 0. The first-order valence-electron chi connectivity index (χ1n) is 2.79. The first kappa shape index (κ1) is 17.1. The van der Waals surface area contributed by atoms with E-state index >= 15 is 0 Å². The Kier molecular flexibility index (Phi) is 35.0. The molecule has 4 nitrogen and oxygen atoms in total. The van der Waals surface area contributed by atoms with Crippen LogP contribution in [0.3, 0.4) is 0 Å². The van der Waals surface area contributed by atoms with E-state index in [9.17, 15) is 0 Å². The molecule has 0 aromatic carbocycles. The van der Waals surface area contributed by atoms with E-state index < -0.39 is 0 Å². The number of rotatable bonds is 4. The summed E-state index contributed by atoms with van der Waals surface area (Å²) in [7, 11) is 6.35. The fourth-order valence-electron chi connectivity index (χ4n) is 0.236. The molecule has 0 saturated carbocycles. The van der Waals surface area contributed by atoms with Crippen LogP contribution < -0.4 is 0 Å². The highest BCUT2D eigenvalue weighted by atomic mass is 16.7. The topological polar surface area (TPSA) is 36.9 Å². The zero-order chi connectivity index (χ0) is 8.24. The molecular formula is C7H20O4. The quantitative estimate of drug-likeness (QED) is 0.589. The average molecular weight is 168 g/mol. The minimum Gasteiger partial charge on any atom is -0.359 e. The van der Waals surface area contributed by atoms with Gasteiger partial charge in [0.1, 0.15) is 13.6 Å². The maximum atomic E-state index is 4.47. The van der Waals surface area contributed by atoms with E-state index in [4.69, 9.17) is 0 Å². The molecule has 0 aromatic heterocycles. The zero-order valence-corrected chi connectivity index (χ0v) is 7.05. The van der Waals surface area contributed by atoms with Gasteiger partial charge in [-0.15, -0.1) is 0 Å². The van der Waals surface area contributed by atoms with Crippen LogP contribution in [0.1, 0.15) is 7.43 Å². The van der Waals surface area contributed by atoms with Crippen molar-refractivity contribution in [3.8, 4) is 0 Å². The Morgan fingerprint density at radius 1 is 0.636 bits per heavy atom. The van der Waals surface area contributed by atoms with Crippen LogP contribution >= 0.6 is 0 Å². The van der Waals surface area contributed by atoms with Crippen molar-refractivity contribution in [3.05, 3.63) is 0 Å². The highest BCUT2D eigenvalue weighted by Crippen LogP contribution is 1.60. The molecule has 0 saturated heterocycles. The summed E-state index contributed by atoms with van der Waals surface area (Å²) in [5.74, 6) is 0. The maximum Gasteiger partial charge on any atom is 0.145 e. The molecule has 0 atom stereocenters. The van der Waals surface area contributed by atoms with Gasteiger partial charge in [0.25, 0.3) is 0 Å². The van der Waals surface area contributed by atoms with Crippen LogP contribution in [-0.2, 0) is 18.9 Å². The molecule has 0 aliphatic heterocycles. The van der Waals surface area contributed by atoms with Gasteiger partial charge in [-0.25, -0.2) is 0 Å². The molecule has 0 aliphatic carbocycles. The standard InChI is InChI=1S/2C3H8O2.CH4/c2*1-4-3-5-2;/h2*3H2,1-2H3;1H4. The smallest absolute Gasteiger partial charge is 0.145 e. The second-order valence-corrected chi connectivity index (χ2v) is 1.39. The largest absolute Gasteiger partial charge is 0.359 e. The summed E-state index contributed by atoms with van der Waals surface area (Å²) in [6.45, 7) is 0.778. The van der Waals surface area contributed by atoms with Crippen LogP contribution in [0.4, 0.5) is 0 Å². The van der Waals surface area contributed by atoms with Gasteiger partial charge < -0.3 is 18.9 Å². The second kappa shape index (κ2) is 22.5. The van der Waals surface area contributed by atoms with Crippen LogP contribution in [0.15, 0.2) is 0 Å². The number of hydrogen-bond acceptors (Lipinski definition) is 4. The Hall–Kier alpha value is -0.160. The van der Waals surface area contributed by atoms with E-state index in [1.807, 2.05) is 0 Å². The molecule has 0 fully saturated rings. The third-order valence-corrected chi connectivity index (χ3v) is 0.471. The van der Waals surface area contributed by atoms with Gasteiger partial charge in [-0.2, -0.15) is 0 Å². The van der Waals surface area contributed by atoms with Gasteiger partial charge in [-0.05, 0) is 0 Å². The molecule has 0 heterocycles. The molecule has 0 N–H and O–H groups in total. The zero-order valence-electron chi connectivity index (χ0n) is 7.05.